The van der Waals surface area contributed by atoms with Crippen molar-refractivity contribution >= 4 is 17.3 Å². The second-order valence-electron chi connectivity index (χ2n) is 2.36. The summed E-state index contributed by atoms with van der Waals surface area (Å²) in [6.45, 7) is 1.97. The van der Waals surface area contributed by atoms with Gasteiger partial charge in [-0.1, -0.05) is 18.5 Å². The molecule has 1 aromatic rings. The molecule has 1 aromatic carbocycles. The number of nitrogen functional groups attached to an aromatic ring is 1. The summed E-state index contributed by atoms with van der Waals surface area (Å²) < 4.78 is 0. The molecule has 3 N–H and O–H groups in total. The molecule has 0 aromatic heterocycles. The average molecular weight is 172 g/mol. The fourth-order valence-corrected chi connectivity index (χ4v) is 1.20. The van der Waals surface area contributed by atoms with Gasteiger partial charge in [-0.2, -0.15) is 0 Å². The van der Waals surface area contributed by atoms with Gasteiger partial charge in [0.15, 0.2) is 0 Å². The molecular weight excluding hydrogens is 162 g/mol. The summed E-state index contributed by atoms with van der Waals surface area (Å²) in [6, 6.07) is 3.16. The van der Waals surface area contributed by atoms with Crippen molar-refractivity contribution in [2.75, 3.05) is 5.73 Å². The van der Waals surface area contributed by atoms with Gasteiger partial charge in [0.2, 0.25) is 0 Å². The SMILES string of the molecule is CCc1cc(O)c(N)cc1Cl. The summed E-state index contributed by atoms with van der Waals surface area (Å²) in [6.07, 6.45) is 0.798. The lowest BCUT2D eigenvalue weighted by atomic mass is 10.1. The maximum absolute atomic E-state index is 9.17. The lowest BCUT2D eigenvalue weighted by Crippen LogP contribution is -1.89. The third-order valence-electron chi connectivity index (χ3n) is 1.58. The number of phenols is 1. The van der Waals surface area contributed by atoms with Crippen LogP contribution in [0.4, 0.5) is 5.69 Å². The van der Waals surface area contributed by atoms with Crippen molar-refractivity contribution in [2.45, 2.75) is 13.3 Å². The van der Waals surface area contributed by atoms with Crippen molar-refractivity contribution in [1.82, 2.24) is 0 Å². The predicted molar refractivity (Wildman–Crippen MR) is 46.9 cm³/mol. The van der Waals surface area contributed by atoms with Crippen LogP contribution in [0.2, 0.25) is 5.02 Å². The van der Waals surface area contributed by atoms with Crippen LogP contribution in [0, 0.1) is 0 Å². The van der Waals surface area contributed by atoms with Crippen LogP contribution in [0.3, 0.4) is 0 Å². The van der Waals surface area contributed by atoms with Gasteiger partial charge < -0.3 is 10.8 Å². The molecule has 0 atom stereocenters. The molecular formula is C8H10ClNO. The molecule has 60 valence electrons. The highest BCUT2D eigenvalue weighted by Gasteiger charge is 2.02. The van der Waals surface area contributed by atoms with Gasteiger partial charge in [-0.3, -0.25) is 0 Å². The van der Waals surface area contributed by atoms with Gasteiger partial charge in [-0.05, 0) is 24.1 Å². The largest absolute Gasteiger partial charge is 0.506 e. The van der Waals surface area contributed by atoms with Crippen LogP contribution < -0.4 is 5.73 Å². The smallest absolute Gasteiger partial charge is 0.138 e. The molecule has 0 radical (unpaired) electrons. The van der Waals surface area contributed by atoms with E-state index in [0.717, 1.165) is 12.0 Å². The first-order valence-electron chi connectivity index (χ1n) is 3.42. The molecule has 0 aliphatic rings. The van der Waals surface area contributed by atoms with Crippen LogP contribution in [0.25, 0.3) is 0 Å². The topological polar surface area (TPSA) is 46.2 Å². The molecule has 0 aliphatic heterocycles. The van der Waals surface area contributed by atoms with Crippen molar-refractivity contribution in [3.05, 3.63) is 22.7 Å². The zero-order valence-electron chi connectivity index (χ0n) is 6.26. The monoisotopic (exact) mass is 171 g/mol. The molecule has 0 saturated carbocycles. The van der Waals surface area contributed by atoms with Crippen LogP contribution in [0.1, 0.15) is 12.5 Å². The van der Waals surface area contributed by atoms with Crippen molar-refractivity contribution in [3.63, 3.8) is 0 Å². The molecule has 0 unspecified atom stereocenters. The molecule has 0 bridgehead atoms. The molecule has 0 amide bonds. The molecule has 3 heteroatoms. The predicted octanol–water partition coefficient (Wildman–Crippen LogP) is 2.19. The average Bonchev–Trinajstić information content (AvgIpc) is 1.97. The van der Waals surface area contributed by atoms with Gasteiger partial charge in [0, 0.05) is 5.02 Å². The van der Waals surface area contributed by atoms with E-state index < -0.39 is 0 Å². The number of phenolic OH excluding ortho intramolecular Hbond substituents is 1. The Kier molecular flexibility index (Phi) is 2.25. The standard InChI is InChI=1S/C8H10ClNO/c1-2-5-3-8(11)7(10)4-6(5)9/h3-4,11H,2,10H2,1H3. The number of halogens is 1. The first kappa shape index (κ1) is 8.21. The lowest BCUT2D eigenvalue weighted by Gasteiger charge is -2.03. The van der Waals surface area contributed by atoms with Gasteiger partial charge in [0.05, 0.1) is 5.69 Å². The summed E-state index contributed by atoms with van der Waals surface area (Å²) in [5, 5.41) is 9.79. The van der Waals surface area contributed by atoms with E-state index in [1.165, 1.54) is 0 Å². The Morgan fingerprint density at radius 1 is 1.55 bits per heavy atom. The number of nitrogens with two attached hydrogens (primary N) is 1. The molecule has 1 rings (SSSR count). The van der Waals surface area contributed by atoms with Crippen LogP contribution >= 0.6 is 11.6 Å². The minimum Gasteiger partial charge on any atom is -0.506 e. The molecule has 2 nitrogen and oxygen atoms in total. The molecule has 0 fully saturated rings. The van der Waals surface area contributed by atoms with E-state index in [0.29, 0.717) is 10.7 Å². The lowest BCUT2D eigenvalue weighted by molar-refractivity contribution is 0.477. The van der Waals surface area contributed by atoms with E-state index in [1.54, 1.807) is 12.1 Å². The summed E-state index contributed by atoms with van der Waals surface area (Å²) in [5.74, 6) is 0.103. The molecule has 0 spiro atoms. The van der Waals surface area contributed by atoms with Crippen molar-refractivity contribution in [2.24, 2.45) is 0 Å². The number of hydrogen-bond donors (Lipinski definition) is 2. The third-order valence-corrected chi connectivity index (χ3v) is 1.93. The summed E-state index contributed by atoms with van der Waals surface area (Å²) in [5.41, 5.74) is 6.65. The first-order valence-corrected chi connectivity index (χ1v) is 3.79. The van der Waals surface area contributed by atoms with E-state index in [-0.39, 0.29) is 5.75 Å². The first-order chi connectivity index (χ1) is 5.15. The highest BCUT2D eigenvalue weighted by molar-refractivity contribution is 6.31. The highest BCUT2D eigenvalue weighted by atomic mass is 35.5. The van der Waals surface area contributed by atoms with Gasteiger partial charge in [-0.25, -0.2) is 0 Å². The fraction of sp³-hybridized carbons (Fsp3) is 0.250. The number of hydrogen-bond acceptors (Lipinski definition) is 2. The summed E-state index contributed by atoms with van der Waals surface area (Å²) in [7, 11) is 0. The van der Waals surface area contributed by atoms with Crippen LogP contribution in [0.15, 0.2) is 12.1 Å². The van der Waals surface area contributed by atoms with E-state index in [2.05, 4.69) is 0 Å². The van der Waals surface area contributed by atoms with E-state index in [1.807, 2.05) is 6.92 Å². The third kappa shape index (κ3) is 1.57. The Morgan fingerprint density at radius 2 is 2.18 bits per heavy atom. The second kappa shape index (κ2) is 3.01. The number of anilines is 1. The molecule has 0 aliphatic carbocycles. The van der Waals surface area contributed by atoms with Gasteiger partial charge in [0.1, 0.15) is 5.75 Å². The zero-order chi connectivity index (χ0) is 8.43. The normalized spacial score (nSPS) is 10.0. The minimum absolute atomic E-state index is 0.103. The van der Waals surface area contributed by atoms with Gasteiger partial charge in [-0.15, -0.1) is 0 Å². The quantitative estimate of drug-likeness (QED) is 0.503. The Balaban J connectivity index is 3.21. The Morgan fingerprint density at radius 3 is 2.73 bits per heavy atom. The minimum atomic E-state index is 0.103. The van der Waals surface area contributed by atoms with Crippen LogP contribution in [-0.2, 0) is 6.42 Å². The maximum Gasteiger partial charge on any atom is 0.138 e. The number of rotatable bonds is 1. The van der Waals surface area contributed by atoms with Crippen molar-refractivity contribution in [1.29, 1.82) is 0 Å². The van der Waals surface area contributed by atoms with Crippen molar-refractivity contribution < 1.29 is 5.11 Å². The van der Waals surface area contributed by atoms with Crippen LogP contribution in [0.5, 0.6) is 5.75 Å². The van der Waals surface area contributed by atoms with E-state index in [4.69, 9.17) is 17.3 Å². The second-order valence-corrected chi connectivity index (χ2v) is 2.76. The zero-order valence-corrected chi connectivity index (χ0v) is 7.02. The van der Waals surface area contributed by atoms with Gasteiger partial charge in [0.25, 0.3) is 0 Å². The number of aromatic hydroxyl groups is 1. The number of benzene rings is 1. The Labute approximate surface area is 70.6 Å². The van der Waals surface area contributed by atoms with E-state index >= 15 is 0 Å². The Bertz CT molecular complexity index is 273. The number of aryl methyl sites for hydroxylation is 1. The molecule has 0 saturated heterocycles. The highest BCUT2D eigenvalue weighted by Crippen LogP contribution is 2.27. The molecule has 0 heterocycles. The van der Waals surface area contributed by atoms with Gasteiger partial charge >= 0.3 is 0 Å². The van der Waals surface area contributed by atoms with E-state index in [9.17, 15) is 5.11 Å². The summed E-state index contributed by atoms with van der Waals surface area (Å²) >= 11 is 5.81. The maximum atomic E-state index is 9.17. The van der Waals surface area contributed by atoms with Crippen LogP contribution in [-0.4, -0.2) is 5.11 Å². The molecule has 11 heavy (non-hydrogen) atoms. The summed E-state index contributed by atoms with van der Waals surface area (Å²) in [4.78, 5) is 0. The fourth-order valence-electron chi connectivity index (χ4n) is 0.891. The van der Waals surface area contributed by atoms with Crippen molar-refractivity contribution in [3.8, 4) is 5.75 Å². The Hall–Kier alpha value is -0.890.